The zero-order valence-electron chi connectivity index (χ0n) is 27.7. The predicted molar refractivity (Wildman–Crippen MR) is 163 cm³/mol. The quantitative estimate of drug-likeness (QED) is 0.0991. The van der Waals surface area contributed by atoms with Crippen LogP contribution in [-0.2, 0) is 40.3 Å². The molecule has 4 rings (SSSR count). The normalized spacial score (nSPS) is 16.5. The Morgan fingerprint density at radius 2 is 1.53 bits per heavy atom. The molecule has 1 aliphatic heterocycles. The van der Waals surface area contributed by atoms with Crippen molar-refractivity contribution in [2.75, 3.05) is 16.9 Å². The largest absolute Gasteiger partial charge is 0.573 e. The number of carbonyl (C=O) groups excluding carboxylic acids is 2. The predicted octanol–water partition coefficient (Wildman–Crippen LogP) is 7.92. The Labute approximate surface area is 286 Å². The highest BCUT2D eigenvalue weighted by molar-refractivity contribution is 5.95. The molecule has 0 saturated carbocycles. The van der Waals surface area contributed by atoms with Crippen molar-refractivity contribution >= 4 is 23.5 Å². The van der Waals surface area contributed by atoms with Crippen molar-refractivity contribution < 1.29 is 58.6 Å². The Morgan fingerprint density at radius 1 is 0.902 bits per heavy atom. The number of nitrogens with zero attached hydrogens (tertiary/aromatic N) is 6. The van der Waals surface area contributed by atoms with E-state index in [1.165, 1.54) is 30.0 Å². The molecule has 1 aliphatic rings. The molecule has 10 nitrogen and oxygen atoms in total. The molecule has 3 aromatic rings. The molecule has 0 unspecified atom stereocenters. The van der Waals surface area contributed by atoms with Gasteiger partial charge in [-0.1, -0.05) is 24.9 Å². The molecule has 2 atom stereocenters. The summed E-state index contributed by atoms with van der Waals surface area (Å²) < 4.78 is 131. The van der Waals surface area contributed by atoms with Gasteiger partial charge >= 0.3 is 24.7 Å². The van der Waals surface area contributed by atoms with Crippen LogP contribution in [0.4, 0.5) is 51.1 Å². The second kappa shape index (κ2) is 15.8. The maximum absolute atomic E-state index is 13.8. The minimum Gasteiger partial charge on any atom is -0.469 e. The summed E-state index contributed by atoms with van der Waals surface area (Å²) in [5, 5.41) is 11.8. The summed E-state index contributed by atoms with van der Waals surface area (Å²) in [6, 6.07) is 2.71. The van der Waals surface area contributed by atoms with E-state index < -0.39 is 59.8 Å². The number of aryl methyl sites for hydroxylation is 1. The lowest BCUT2D eigenvalue weighted by molar-refractivity contribution is -0.274. The average Bonchev–Trinajstić information content (AvgIpc) is 3.48. The average molecular weight is 739 g/mol. The van der Waals surface area contributed by atoms with Crippen LogP contribution in [0.3, 0.4) is 0 Å². The molecule has 1 aromatic heterocycles. The van der Waals surface area contributed by atoms with Crippen LogP contribution in [0.25, 0.3) is 0 Å². The maximum Gasteiger partial charge on any atom is 0.573 e. The van der Waals surface area contributed by atoms with Crippen molar-refractivity contribution in [3.8, 4) is 5.75 Å². The summed E-state index contributed by atoms with van der Waals surface area (Å²) in [5.41, 5.74) is -3.30. The number of hydrogen-bond donors (Lipinski definition) is 0. The van der Waals surface area contributed by atoms with E-state index in [4.69, 9.17) is 0 Å². The van der Waals surface area contributed by atoms with Gasteiger partial charge in [-0.2, -0.15) is 31.1 Å². The number of halogens is 9. The van der Waals surface area contributed by atoms with E-state index in [9.17, 15) is 49.1 Å². The van der Waals surface area contributed by atoms with Crippen LogP contribution in [0.15, 0.2) is 36.4 Å². The molecule has 51 heavy (non-hydrogen) atoms. The van der Waals surface area contributed by atoms with Crippen molar-refractivity contribution in [2.45, 2.75) is 95.6 Å². The Bertz CT molecular complexity index is 1640. The van der Waals surface area contributed by atoms with Crippen LogP contribution in [0.1, 0.15) is 86.6 Å². The van der Waals surface area contributed by atoms with E-state index in [0.29, 0.717) is 44.2 Å². The van der Waals surface area contributed by atoms with Gasteiger partial charge in [0.1, 0.15) is 5.75 Å². The third-order valence-electron chi connectivity index (χ3n) is 8.33. The molecule has 0 saturated heterocycles. The molecule has 0 aliphatic carbocycles. The Hall–Kier alpha value is -4.58. The first-order valence-corrected chi connectivity index (χ1v) is 15.9. The second-order valence-electron chi connectivity index (χ2n) is 12.0. The van der Waals surface area contributed by atoms with E-state index in [2.05, 4.69) is 24.9 Å². The van der Waals surface area contributed by atoms with Crippen LogP contribution in [0.2, 0.25) is 0 Å². The van der Waals surface area contributed by atoms with Crippen LogP contribution < -0.4 is 14.5 Å². The number of benzene rings is 2. The number of methoxy groups -OCH3 is 1. The standard InChI is InChI=1S/C32H35F9N6O4/c1-4-22-16-26(46(29-42-44-45(2)43-29)18-19-13-20(30(33,34)35)15-21(14-19)31(36,37)38)24-17-23(51-32(39,40)41)11-12-25(24)47(22)27(48)9-7-5-6-8-10-28(49)50-3/h11-15,17,22,26H,4-10,16,18H2,1-3H3/t22-,26+/m1/s1. The third kappa shape index (κ3) is 10.2. The van der Waals surface area contributed by atoms with E-state index in [1.54, 1.807) is 6.92 Å². The lowest BCUT2D eigenvalue weighted by Gasteiger charge is -2.44. The van der Waals surface area contributed by atoms with Gasteiger partial charge in [0.15, 0.2) is 0 Å². The molecular weight excluding hydrogens is 703 g/mol. The number of tetrazole rings is 1. The van der Waals surface area contributed by atoms with Crippen molar-refractivity contribution in [1.29, 1.82) is 0 Å². The smallest absolute Gasteiger partial charge is 0.469 e. The van der Waals surface area contributed by atoms with E-state index in [0.717, 1.165) is 16.9 Å². The van der Waals surface area contributed by atoms with E-state index in [-0.39, 0.29) is 54.4 Å². The number of unbranched alkanes of at least 4 members (excludes halogenated alkanes) is 3. The lowest BCUT2D eigenvalue weighted by atomic mass is 9.87. The molecule has 0 fully saturated rings. The molecule has 1 amide bonds. The first-order chi connectivity index (χ1) is 23.8. The third-order valence-corrected chi connectivity index (χ3v) is 8.33. The summed E-state index contributed by atoms with van der Waals surface area (Å²) in [7, 11) is 2.65. The van der Waals surface area contributed by atoms with Gasteiger partial charge in [-0.3, -0.25) is 9.59 Å². The second-order valence-corrected chi connectivity index (χ2v) is 12.0. The highest BCUT2D eigenvalue weighted by atomic mass is 19.4. The summed E-state index contributed by atoms with van der Waals surface area (Å²) in [6.45, 7) is 1.11. The van der Waals surface area contributed by atoms with Gasteiger partial charge in [0.25, 0.3) is 5.95 Å². The fourth-order valence-corrected chi connectivity index (χ4v) is 6.02. The Balaban J connectivity index is 1.77. The van der Waals surface area contributed by atoms with Crippen molar-refractivity contribution in [3.05, 3.63) is 58.7 Å². The molecular formula is C32H35F9N6O4. The number of fused-ring (bicyclic) bond motifs is 1. The number of aromatic nitrogens is 4. The number of carbonyl (C=O) groups is 2. The molecule has 19 heteroatoms. The van der Waals surface area contributed by atoms with Crippen LogP contribution in [0, 0.1) is 0 Å². The van der Waals surface area contributed by atoms with Crippen LogP contribution >= 0.6 is 0 Å². The highest BCUT2D eigenvalue weighted by Crippen LogP contribution is 2.46. The lowest BCUT2D eigenvalue weighted by Crippen LogP contribution is -2.47. The first kappa shape index (κ1) is 39.2. The van der Waals surface area contributed by atoms with Gasteiger partial charge in [0.2, 0.25) is 5.91 Å². The minimum absolute atomic E-state index is 0.0131. The molecule has 2 aromatic carbocycles. The molecule has 0 radical (unpaired) electrons. The summed E-state index contributed by atoms with van der Waals surface area (Å²) in [5.74, 6) is -1.60. The number of anilines is 2. The molecule has 280 valence electrons. The summed E-state index contributed by atoms with van der Waals surface area (Å²) >= 11 is 0. The van der Waals surface area contributed by atoms with Crippen LogP contribution in [0.5, 0.6) is 5.75 Å². The van der Waals surface area contributed by atoms with Gasteiger partial charge in [0, 0.05) is 36.7 Å². The van der Waals surface area contributed by atoms with Gasteiger partial charge in [0.05, 0.1) is 31.3 Å². The number of amides is 1. The van der Waals surface area contributed by atoms with Crippen molar-refractivity contribution in [1.82, 2.24) is 20.2 Å². The molecule has 0 spiro atoms. The first-order valence-electron chi connectivity index (χ1n) is 15.9. The zero-order chi connectivity index (χ0) is 37.7. The highest BCUT2D eigenvalue weighted by Gasteiger charge is 2.41. The number of alkyl halides is 9. The van der Waals surface area contributed by atoms with Crippen LogP contribution in [-0.4, -0.2) is 51.6 Å². The van der Waals surface area contributed by atoms with E-state index in [1.807, 2.05) is 0 Å². The summed E-state index contributed by atoms with van der Waals surface area (Å²) in [4.78, 5) is 28.8. The number of hydrogen-bond acceptors (Lipinski definition) is 8. The maximum atomic E-state index is 13.8. The van der Waals surface area contributed by atoms with E-state index >= 15 is 0 Å². The number of esters is 1. The SMILES string of the molecule is CC[C@@H]1C[C@H](N(Cc2cc(C(F)(F)F)cc(C(F)(F)F)c2)c2nnn(C)n2)c2cc(OC(F)(F)F)ccc2N1C(=O)CCCCCCC(=O)OC. The number of rotatable bonds is 13. The monoisotopic (exact) mass is 738 g/mol. The van der Waals surface area contributed by atoms with Gasteiger partial charge < -0.3 is 19.3 Å². The molecule has 0 bridgehead atoms. The fourth-order valence-electron chi connectivity index (χ4n) is 6.02. The fraction of sp³-hybridized carbons (Fsp3) is 0.531. The minimum atomic E-state index is -5.14. The number of ether oxygens (including phenoxy) is 2. The molecule has 2 heterocycles. The summed E-state index contributed by atoms with van der Waals surface area (Å²) in [6.07, 6.45) is -12.6. The Kier molecular flexibility index (Phi) is 12.1. The Morgan fingerprint density at radius 3 is 2.06 bits per heavy atom. The zero-order valence-corrected chi connectivity index (χ0v) is 27.7. The van der Waals surface area contributed by atoms with Crippen molar-refractivity contribution in [3.63, 3.8) is 0 Å². The van der Waals surface area contributed by atoms with Gasteiger partial charge in [-0.25, -0.2) is 0 Å². The van der Waals surface area contributed by atoms with Crippen molar-refractivity contribution in [2.24, 2.45) is 7.05 Å². The van der Waals surface area contributed by atoms with Gasteiger partial charge in [-0.05, 0) is 72.9 Å². The van der Waals surface area contributed by atoms with Gasteiger partial charge in [-0.15, -0.1) is 18.3 Å². The molecule has 0 N–H and O–H groups in total. The topological polar surface area (TPSA) is 103 Å².